The van der Waals surface area contributed by atoms with Crippen molar-refractivity contribution in [2.45, 2.75) is 25.8 Å². The third-order valence-electron chi connectivity index (χ3n) is 2.16. The van der Waals surface area contributed by atoms with Crippen LogP contribution in [-0.2, 0) is 0 Å². The van der Waals surface area contributed by atoms with E-state index in [9.17, 15) is 0 Å². The van der Waals surface area contributed by atoms with Gasteiger partial charge in [0.25, 0.3) is 0 Å². The van der Waals surface area contributed by atoms with Crippen LogP contribution in [0.5, 0.6) is 0 Å². The molecule has 1 aromatic rings. The molecule has 0 bridgehead atoms. The van der Waals surface area contributed by atoms with Gasteiger partial charge in [-0.25, -0.2) is 0 Å². The smallest absolute Gasteiger partial charge is 0.156 e. The Hall–Kier alpha value is -0.830. The molecule has 60 valence electrons. The number of hydrogen-bond acceptors (Lipinski definition) is 3. The van der Waals surface area contributed by atoms with Gasteiger partial charge >= 0.3 is 0 Å². The molecule has 0 aliphatic carbocycles. The van der Waals surface area contributed by atoms with Gasteiger partial charge in [0.15, 0.2) is 5.76 Å². The van der Waals surface area contributed by atoms with Crippen LogP contribution in [0.4, 0.5) is 0 Å². The van der Waals surface area contributed by atoms with E-state index in [-0.39, 0.29) is 0 Å². The van der Waals surface area contributed by atoms with Crippen LogP contribution in [0.3, 0.4) is 0 Å². The van der Waals surface area contributed by atoms with Crippen LogP contribution in [-0.4, -0.2) is 11.7 Å². The van der Waals surface area contributed by atoms with Crippen molar-refractivity contribution in [1.82, 2.24) is 10.5 Å². The zero-order valence-corrected chi connectivity index (χ0v) is 6.63. The summed E-state index contributed by atoms with van der Waals surface area (Å²) in [7, 11) is 0. The number of nitrogens with zero attached hydrogens (tertiary/aromatic N) is 1. The summed E-state index contributed by atoms with van der Waals surface area (Å²) in [5.41, 5.74) is 1.16. The third kappa shape index (κ3) is 1.16. The zero-order valence-electron chi connectivity index (χ0n) is 6.63. The molecule has 1 saturated heterocycles. The van der Waals surface area contributed by atoms with Crippen molar-refractivity contribution in [2.75, 3.05) is 6.54 Å². The maximum atomic E-state index is 5.14. The van der Waals surface area contributed by atoms with Gasteiger partial charge in [0.2, 0.25) is 0 Å². The van der Waals surface area contributed by atoms with Crippen molar-refractivity contribution in [3.63, 3.8) is 0 Å². The second-order valence-electron chi connectivity index (χ2n) is 3.02. The van der Waals surface area contributed by atoms with Crippen LogP contribution in [0.25, 0.3) is 0 Å². The van der Waals surface area contributed by atoms with Crippen molar-refractivity contribution in [2.24, 2.45) is 0 Å². The van der Waals surface area contributed by atoms with Crippen LogP contribution in [0, 0.1) is 6.92 Å². The lowest BCUT2D eigenvalue weighted by atomic mass is 10.1. The van der Waals surface area contributed by atoms with E-state index in [1.165, 1.54) is 12.8 Å². The first-order chi connectivity index (χ1) is 5.38. The molecule has 3 heteroatoms. The van der Waals surface area contributed by atoms with Crippen LogP contribution in [0.15, 0.2) is 10.7 Å². The molecular weight excluding hydrogens is 140 g/mol. The predicted molar refractivity (Wildman–Crippen MR) is 41.2 cm³/mol. The van der Waals surface area contributed by atoms with E-state index in [4.69, 9.17) is 4.52 Å². The van der Waals surface area contributed by atoms with E-state index in [0.29, 0.717) is 6.04 Å². The van der Waals surface area contributed by atoms with E-state index >= 15 is 0 Å². The van der Waals surface area contributed by atoms with E-state index in [1.54, 1.807) is 6.20 Å². The minimum absolute atomic E-state index is 0.414. The molecule has 1 unspecified atom stereocenters. The number of aryl methyl sites for hydroxylation is 1. The summed E-state index contributed by atoms with van der Waals surface area (Å²) < 4.78 is 5.14. The molecule has 0 radical (unpaired) electrons. The highest BCUT2D eigenvalue weighted by molar-refractivity contribution is 5.15. The Morgan fingerprint density at radius 3 is 3.18 bits per heavy atom. The summed E-state index contributed by atoms with van der Waals surface area (Å²) >= 11 is 0. The molecule has 0 spiro atoms. The molecule has 1 aliphatic heterocycles. The minimum atomic E-state index is 0.414. The Bertz CT molecular complexity index is 238. The first kappa shape index (κ1) is 6.85. The third-order valence-corrected chi connectivity index (χ3v) is 2.16. The van der Waals surface area contributed by atoms with Crippen LogP contribution in [0.1, 0.15) is 30.2 Å². The van der Waals surface area contributed by atoms with Crippen molar-refractivity contribution in [1.29, 1.82) is 0 Å². The molecule has 0 amide bonds. The molecule has 1 N–H and O–H groups in total. The molecule has 1 aromatic heterocycles. The fourth-order valence-corrected chi connectivity index (χ4v) is 1.54. The number of aromatic nitrogens is 1. The lowest BCUT2D eigenvalue weighted by Crippen LogP contribution is -2.12. The summed E-state index contributed by atoms with van der Waals surface area (Å²) in [6, 6.07) is 0.414. The molecule has 1 aliphatic rings. The largest absolute Gasteiger partial charge is 0.359 e. The second-order valence-corrected chi connectivity index (χ2v) is 3.02. The highest BCUT2D eigenvalue weighted by Gasteiger charge is 2.21. The van der Waals surface area contributed by atoms with Gasteiger partial charge in [-0.3, -0.25) is 0 Å². The summed E-state index contributed by atoms with van der Waals surface area (Å²) in [6.45, 7) is 3.14. The molecular formula is C8H12N2O. The molecule has 2 rings (SSSR count). The van der Waals surface area contributed by atoms with E-state index < -0.39 is 0 Å². The fourth-order valence-electron chi connectivity index (χ4n) is 1.54. The first-order valence-electron chi connectivity index (χ1n) is 4.02. The van der Waals surface area contributed by atoms with E-state index in [0.717, 1.165) is 17.9 Å². The average Bonchev–Trinajstić information content (AvgIpc) is 2.55. The second kappa shape index (κ2) is 2.66. The van der Waals surface area contributed by atoms with Gasteiger partial charge in [-0.2, -0.15) is 0 Å². The van der Waals surface area contributed by atoms with E-state index in [2.05, 4.69) is 10.5 Å². The number of hydrogen-bond donors (Lipinski definition) is 1. The molecule has 0 aromatic carbocycles. The molecule has 3 nitrogen and oxygen atoms in total. The first-order valence-corrected chi connectivity index (χ1v) is 4.02. The summed E-state index contributed by atoms with van der Waals surface area (Å²) in [5.74, 6) is 1.02. The molecule has 1 atom stereocenters. The van der Waals surface area contributed by atoms with Gasteiger partial charge in [-0.1, -0.05) is 5.16 Å². The monoisotopic (exact) mass is 152 g/mol. The maximum absolute atomic E-state index is 5.14. The van der Waals surface area contributed by atoms with Gasteiger partial charge in [-0.05, 0) is 26.3 Å². The Morgan fingerprint density at radius 2 is 2.64 bits per heavy atom. The predicted octanol–water partition coefficient (Wildman–Crippen LogP) is 1.41. The van der Waals surface area contributed by atoms with Gasteiger partial charge < -0.3 is 9.84 Å². The van der Waals surface area contributed by atoms with Gasteiger partial charge in [0.1, 0.15) is 0 Å². The number of rotatable bonds is 1. The van der Waals surface area contributed by atoms with Crippen molar-refractivity contribution in [3.05, 3.63) is 17.5 Å². The van der Waals surface area contributed by atoms with E-state index in [1.807, 2.05) is 6.92 Å². The highest BCUT2D eigenvalue weighted by Crippen LogP contribution is 2.24. The van der Waals surface area contributed by atoms with Gasteiger partial charge in [0, 0.05) is 5.56 Å². The normalized spacial score (nSPS) is 24.3. The van der Waals surface area contributed by atoms with Crippen LogP contribution < -0.4 is 5.32 Å². The molecule has 11 heavy (non-hydrogen) atoms. The maximum Gasteiger partial charge on any atom is 0.156 e. The topological polar surface area (TPSA) is 38.1 Å². The quantitative estimate of drug-likeness (QED) is 0.661. The summed E-state index contributed by atoms with van der Waals surface area (Å²) in [5, 5.41) is 7.12. The van der Waals surface area contributed by atoms with Gasteiger partial charge in [0.05, 0.1) is 12.2 Å². The van der Waals surface area contributed by atoms with Crippen molar-refractivity contribution < 1.29 is 4.52 Å². The van der Waals surface area contributed by atoms with Crippen LogP contribution >= 0.6 is 0 Å². The molecule has 0 saturated carbocycles. The lowest BCUT2D eigenvalue weighted by Gasteiger charge is -2.04. The standard InChI is InChI=1S/C8H12N2O/c1-6-5-10-11-8(6)7-3-2-4-9-7/h5,7,9H,2-4H2,1H3. The van der Waals surface area contributed by atoms with Crippen molar-refractivity contribution >= 4 is 0 Å². The minimum Gasteiger partial charge on any atom is -0.359 e. The average molecular weight is 152 g/mol. The summed E-state index contributed by atoms with van der Waals surface area (Å²) in [6.07, 6.45) is 4.19. The van der Waals surface area contributed by atoms with Crippen molar-refractivity contribution in [3.8, 4) is 0 Å². The lowest BCUT2D eigenvalue weighted by molar-refractivity contribution is 0.350. The van der Waals surface area contributed by atoms with Crippen LogP contribution in [0.2, 0.25) is 0 Å². The van der Waals surface area contributed by atoms with Gasteiger partial charge in [-0.15, -0.1) is 0 Å². The molecule has 1 fully saturated rings. The Labute approximate surface area is 65.8 Å². The Balaban J connectivity index is 2.21. The Kier molecular flexibility index (Phi) is 1.66. The Morgan fingerprint density at radius 1 is 1.73 bits per heavy atom. The highest BCUT2D eigenvalue weighted by atomic mass is 16.5. The zero-order chi connectivity index (χ0) is 7.68. The summed E-state index contributed by atoms with van der Waals surface area (Å²) in [4.78, 5) is 0. The SMILES string of the molecule is Cc1cnoc1C1CCCN1. The fraction of sp³-hybridized carbons (Fsp3) is 0.625. The number of nitrogens with one attached hydrogen (secondary N) is 1. The molecule has 2 heterocycles.